The zero-order valence-corrected chi connectivity index (χ0v) is 11.1. The first-order valence-electron chi connectivity index (χ1n) is 5.78. The largest absolute Gasteiger partial charge is 0.496 e. The number of methoxy groups -OCH3 is 1. The number of nitrogens with zero attached hydrogens (tertiary/aromatic N) is 1. The van der Waals surface area contributed by atoms with Gasteiger partial charge < -0.3 is 4.74 Å². The lowest BCUT2D eigenvalue weighted by Gasteiger charge is -2.04. The van der Waals surface area contributed by atoms with Gasteiger partial charge >= 0.3 is 0 Å². The van der Waals surface area contributed by atoms with Crippen LogP contribution in [0.15, 0.2) is 42.5 Å². The summed E-state index contributed by atoms with van der Waals surface area (Å²) in [5.74, 6) is 0.869. The molecular formula is C15H13NOS. The topological polar surface area (TPSA) is 22.1 Å². The van der Waals surface area contributed by atoms with E-state index >= 15 is 0 Å². The molecule has 0 unspecified atom stereocenters. The molecule has 0 saturated heterocycles. The van der Waals surface area contributed by atoms with Gasteiger partial charge in [-0.25, -0.2) is 4.98 Å². The van der Waals surface area contributed by atoms with Crippen molar-refractivity contribution in [2.75, 3.05) is 7.11 Å². The van der Waals surface area contributed by atoms with Gasteiger partial charge in [-0.15, -0.1) is 11.3 Å². The fraction of sp³-hybridized carbons (Fsp3) is 0.133. The van der Waals surface area contributed by atoms with Gasteiger partial charge in [0.2, 0.25) is 0 Å². The lowest BCUT2D eigenvalue weighted by Crippen LogP contribution is -1.86. The van der Waals surface area contributed by atoms with Crippen molar-refractivity contribution in [3.05, 3.63) is 48.0 Å². The molecule has 3 heteroatoms. The highest BCUT2D eigenvalue weighted by molar-refractivity contribution is 7.21. The van der Waals surface area contributed by atoms with Crippen molar-refractivity contribution in [2.24, 2.45) is 0 Å². The molecule has 2 nitrogen and oxygen atoms in total. The van der Waals surface area contributed by atoms with E-state index in [1.54, 1.807) is 18.4 Å². The van der Waals surface area contributed by atoms with E-state index in [1.807, 2.05) is 24.3 Å². The van der Waals surface area contributed by atoms with Crippen LogP contribution in [0.3, 0.4) is 0 Å². The maximum atomic E-state index is 5.39. The number of benzene rings is 2. The minimum Gasteiger partial charge on any atom is -0.496 e. The SMILES string of the molecule is COc1ccccc1-c1nc2cc(C)ccc2s1. The summed E-state index contributed by atoms with van der Waals surface area (Å²) in [6, 6.07) is 14.4. The van der Waals surface area contributed by atoms with Gasteiger partial charge in [0.1, 0.15) is 10.8 Å². The van der Waals surface area contributed by atoms with Crippen LogP contribution in [0.2, 0.25) is 0 Å². The Kier molecular flexibility index (Phi) is 2.76. The van der Waals surface area contributed by atoms with E-state index in [9.17, 15) is 0 Å². The molecule has 18 heavy (non-hydrogen) atoms. The van der Waals surface area contributed by atoms with E-state index in [4.69, 9.17) is 9.72 Å². The van der Waals surface area contributed by atoms with Crippen LogP contribution >= 0.6 is 11.3 Å². The monoisotopic (exact) mass is 255 g/mol. The molecule has 2 aromatic carbocycles. The standard InChI is InChI=1S/C15H13NOS/c1-10-7-8-14-12(9-10)16-15(18-14)11-5-3-4-6-13(11)17-2/h3-9H,1-2H3. The third kappa shape index (κ3) is 1.87. The van der Waals surface area contributed by atoms with Crippen LogP contribution in [0, 0.1) is 6.92 Å². The number of hydrogen-bond donors (Lipinski definition) is 0. The molecule has 0 bridgehead atoms. The number of aryl methyl sites for hydroxylation is 1. The van der Waals surface area contributed by atoms with E-state index in [2.05, 4.69) is 25.1 Å². The number of para-hydroxylation sites is 1. The first-order valence-corrected chi connectivity index (χ1v) is 6.60. The van der Waals surface area contributed by atoms with Gasteiger partial charge in [-0.05, 0) is 36.8 Å². The Morgan fingerprint density at radius 3 is 2.78 bits per heavy atom. The fourth-order valence-electron chi connectivity index (χ4n) is 1.97. The summed E-state index contributed by atoms with van der Waals surface area (Å²) in [4.78, 5) is 4.69. The summed E-state index contributed by atoms with van der Waals surface area (Å²) >= 11 is 1.70. The summed E-state index contributed by atoms with van der Waals surface area (Å²) in [7, 11) is 1.69. The second kappa shape index (κ2) is 4.42. The van der Waals surface area contributed by atoms with Gasteiger partial charge in [-0.3, -0.25) is 0 Å². The van der Waals surface area contributed by atoms with Crippen molar-refractivity contribution in [3.63, 3.8) is 0 Å². The van der Waals surface area contributed by atoms with E-state index in [0.717, 1.165) is 21.8 Å². The van der Waals surface area contributed by atoms with Crippen molar-refractivity contribution in [2.45, 2.75) is 6.92 Å². The predicted octanol–water partition coefficient (Wildman–Crippen LogP) is 4.28. The first-order chi connectivity index (χ1) is 8.78. The Morgan fingerprint density at radius 2 is 1.94 bits per heavy atom. The molecule has 0 atom stereocenters. The quantitative estimate of drug-likeness (QED) is 0.682. The number of rotatable bonds is 2. The van der Waals surface area contributed by atoms with Crippen molar-refractivity contribution < 1.29 is 4.74 Å². The minimum atomic E-state index is 0.869. The van der Waals surface area contributed by atoms with Crippen molar-refractivity contribution in [1.29, 1.82) is 0 Å². The van der Waals surface area contributed by atoms with Crippen LogP contribution in [0.5, 0.6) is 5.75 Å². The number of fused-ring (bicyclic) bond motifs is 1. The molecule has 0 fully saturated rings. The van der Waals surface area contributed by atoms with E-state index in [1.165, 1.54) is 10.3 Å². The lowest BCUT2D eigenvalue weighted by atomic mass is 10.2. The summed E-state index contributed by atoms with van der Waals surface area (Å²) < 4.78 is 6.60. The number of hydrogen-bond acceptors (Lipinski definition) is 3. The van der Waals surface area contributed by atoms with Crippen LogP contribution in [-0.2, 0) is 0 Å². The van der Waals surface area contributed by atoms with Crippen LogP contribution in [0.25, 0.3) is 20.8 Å². The predicted molar refractivity (Wildman–Crippen MR) is 76.3 cm³/mol. The molecular weight excluding hydrogens is 242 g/mol. The van der Waals surface area contributed by atoms with Crippen LogP contribution in [0.1, 0.15) is 5.56 Å². The highest BCUT2D eigenvalue weighted by atomic mass is 32.1. The lowest BCUT2D eigenvalue weighted by molar-refractivity contribution is 0.416. The Labute approximate surface area is 110 Å². The van der Waals surface area contributed by atoms with Crippen LogP contribution < -0.4 is 4.74 Å². The molecule has 0 N–H and O–H groups in total. The molecule has 1 heterocycles. The van der Waals surface area contributed by atoms with Crippen LogP contribution in [0.4, 0.5) is 0 Å². The maximum Gasteiger partial charge on any atom is 0.129 e. The second-order valence-corrected chi connectivity index (χ2v) is 5.22. The Hall–Kier alpha value is -1.87. The Balaban J connectivity index is 2.19. The summed E-state index contributed by atoms with van der Waals surface area (Å²) in [5, 5.41) is 1.01. The molecule has 3 rings (SSSR count). The highest BCUT2D eigenvalue weighted by Crippen LogP contribution is 2.35. The van der Waals surface area contributed by atoms with Gasteiger partial charge in [0, 0.05) is 0 Å². The maximum absolute atomic E-state index is 5.39. The summed E-state index contributed by atoms with van der Waals surface area (Å²) in [5.41, 5.74) is 3.35. The fourth-order valence-corrected chi connectivity index (χ4v) is 2.95. The molecule has 0 amide bonds. The molecule has 1 aromatic heterocycles. The number of thiazole rings is 1. The number of aromatic nitrogens is 1. The van der Waals surface area contributed by atoms with E-state index < -0.39 is 0 Å². The van der Waals surface area contributed by atoms with Gasteiger partial charge in [0.05, 0.1) is 22.9 Å². The molecule has 0 aliphatic heterocycles. The highest BCUT2D eigenvalue weighted by Gasteiger charge is 2.10. The number of ether oxygens (including phenoxy) is 1. The summed E-state index contributed by atoms with van der Waals surface area (Å²) in [6.07, 6.45) is 0. The van der Waals surface area contributed by atoms with E-state index in [-0.39, 0.29) is 0 Å². The van der Waals surface area contributed by atoms with Gasteiger partial charge in [-0.2, -0.15) is 0 Å². The Morgan fingerprint density at radius 1 is 1.11 bits per heavy atom. The smallest absolute Gasteiger partial charge is 0.129 e. The molecule has 0 radical (unpaired) electrons. The molecule has 0 aliphatic rings. The second-order valence-electron chi connectivity index (χ2n) is 4.19. The normalized spacial score (nSPS) is 10.8. The third-order valence-electron chi connectivity index (χ3n) is 2.88. The van der Waals surface area contributed by atoms with Crippen LogP contribution in [-0.4, -0.2) is 12.1 Å². The van der Waals surface area contributed by atoms with Crippen molar-refractivity contribution in [1.82, 2.24) is 4.98 Å². The average Bonchev–Trinajstić information content (AvgIpc) is 2.81. The zero-order chi connectivity index (χ0) is 12.5. The van der Waals surface area contributed by atoms with Crippen molar-refractivity contribution >= 4 is 21.6 Å². The van der Waals surface area contributed by atoms with Crippen molar-refractivity contribution in [3.8, 4) is 16.3 Å². The average molecular weight is 255 g/mol. The Bertz CT molecular complexity index is 703. The summed E-state index contributed by atoms with van der Waals surface area (Å²) in [6.45, 7) is 2.08. The van der Waals surface area contributed by atoms with Gasteiger partial charge in [0.15, 0.2) is 0 Å². The molecule has 0 saturated carbocycles. The molecule has 0 aliphatic carbocycles. The first kappa shape index (κ1) is 11.2. The zero-order valence-electron chi connectivity index (χ0n) is 10.3. The molecule has 90 valence electrons. The van der Waals surface area contributed by atoms with E-state index in [0.29, 0.717) is 0 Å². The minimum absolute atomic E-state index is 0.869. The third-order valence-corrected chi connectivity index (χ3v) is 3.95. The molecule has 3 aromatic rings. The van der Waals surface area contributed by atoms with Gasteiger partial charge in [0.25, 0.3) is 0 Å². The molecule has 0 spiro atoms. The van der Waals surface area contributed by atoms with Gasteiger partial charge in [-0.1, -0.05) is 18.2 Å².